The molecule has 2 aromatic carbocycles. The lowest BCUT2D eigenvalue weighted by Crippen LogP contribution is -2.34. The summed E-state index contributed by atoms with van der Waals surface area (Å²) in [5.74, 6) is 0.462. The predicted octanol–water partition coefficient (Wildman–Crippen LogP) is 3.72. The molecule has 0 spiro atoms. The lowest BCUT2D eigenvalue weighted by atomic mass is 10.1. The summed E-state index contributed by atoms with van der Waals surface area (Å²) in [6.07, 6.45) is 0.754. The molecular formula is C21H22Cl2N2O4. The molecule has 1 aliphatic rings. The molecule has 0 radical (unpaired) electrons. The van der Waals surface area contributed by atoms with Crippen LogP contribution in [0.25, 0.3) is 0 Å². The average Bonchev–Trinajstić information content (AvgIpc) is 3.10. The third kappa shape index (κ3) is 4.95. The summed E-state index contributed by atoms with van der Waals surface area (Å²) in [5.41, 5.74) is 1.58. The van der Waals surface area contributed by atoms with E-state index in [9.17, 15) is 9.59 Å². The third-order valence-corrected chi connectivity index (χ3v) is 5.47. The second-order valence-electron chi connectivity index (χ2n) is 6.72. The maximum Gasteiger partial charge on any atom is 0.227 e. The van der Waals surface area contributed by atoms with Crippen LogP contribution in [0.3, 0.4) is 0 Å². The number of carbonyl (C=O) groups is 2. The van der Waals surface area contributed by atoms with Gasteiger partial charge in [0.1, 0.15) is 0 Å². The van der Waals surface area contributed by atoms with Crippen molar-refractivity contribution in [3.63, 3.8) is 0 Å². The van der Waals surface area contributed by atoms with Gasteiger partial charge in [-0.15, -0.1) is 0 Å². The Labute approximate surface area is 179 Å². The molecule has 0 bridgehead atoms. The fourth-order valence-electron chi connectivity index (χ4n) is 3.31. The SMILES string of the molecule is COc1ccc(N2CC(C(=O)NCCc3ccc(Cl)cc3Cl)CC2=O)cc1OC. The molecule has 8 heteroatoms. The first-order chi connectivity index (χ1) is 13.9. The van der Waals surface area contributed by atoms with E-state index < -0.39 is 5.92 Å². The van der Waals surface area contributed by atoms with Gasteiger partial charge in [-0.05, 0) is 36.2 Å². The zero-order valence-electron chi connectivity index (χ0n) is 16.2. The Kier molecular flexibility index (Phi) is 6.87. The summed E-state index contributed by atoms with van der Waals surface area (Å²) in [4.78, 5) is 26.6. The summed E-state index contributed by atoms with van der Waals surface area (Å²) in [7, 11) is 3.09. The number of nitrogens with one attached hydrogen (secondary N) is 1. The standard InChI is InChI=1S/C21H22Cl2N2O4/c1-28-18-6-5-16(11-19(18)29-2)25-12-14(9-20(25)26)21(27)24-8-7-13-3-4-15(22)10-17(13)23/h3-6,10-11,14H,7-9,12H2,1-2H3,(H,24,27). The van der Waals surface area contributed by atoms with Crippen LogP contribution in [0, 0.1) is 5.92 Å². The number of methoxy groups -OCH3 is 2. The van der Waals surface area contributed by atoms with E-state index in [1.54, 1.807) is 42.3 Å². The number of rotatable bonds is 7. The molecule has 1 N–H and O–H groups in total. The molecule has 0 aliphatic carbocycles. The van der Waals surface area contributed by atoms with Gasteiger partial charge < -0.3 is 19.7 Å². The molecule has 0 aromatic heterocycles. The second-order valence-corrected chi connectivity index (χ2v) is 7.57. The van der Waals surface area contributed by atoms with Crippen molar-refractivity contribution in [2.45, 2.75) is 12.8 Å². The van der Waals surface area contributed by atoms with Crippen LogP contribution in [0.15, 0.2) is 36.4 Å². The van der Waals surface area contributed by atoms with Crippen molar-refractivity contribution < 1.29 is 19.1 Å². The first-order valence-corrected chi connectivity index (χ1v) is 9.92. The molecule has 29 heavy (non-hydrogen) atoms. The Hall–Kier alpha value is -2.44. The minimum absolute atomic E-state index is 0.0990. The van der Waals surface area contributed by atoms with Crippen molar-refractivity contribution in [3.05, 3.63) is 52.0 Å². The van der Waals surface area contributed by atoms with Gasteiger partial charge in [0, 0.05) is 41.3 Å². The maximum absolute atomic E-state index is 12.5. The third-order valence-electron chi connectivity index (χ3n) is 4.88. The Morgan fingerprint density at radius 3 is 2.59 bits per heavy atom. The molecule has 6 nitrogen and oxygen atoms in total. The van der Waals surface area contributed by atoms with Gasteiger partial charge in [-0.3, -0.25) is 9.59 Å². The molecule has 0 saturated carbocycles. The van der Waals surface area contributed by atoms with Crippen molar-refractivity contribution >= 4 is 40.7 Å². The zero-order chi connectivity index (χ0) is 21.0. The number of benzene rings is 2. The van der Waals surface area contributed by atoms with Crippen molar-refractivity contribution in [2.75, 3.05) is 32.2 Å². The highest BCUT2D eigenvalue weighted by Gasteiger charge is 2.35. The molecular weight excluding hydrogens is 415 g/mol. The van der Waals surface area contributed by atoms with Crippen LogP contribution < -0.4 is 19.7 Å². The number of carbonyl (C=O) groups excluding carboxylic acids is 2. The topological polar surface area (TPSA) is 67.9 Å². The molecule has 1 atom stereocenters. The zero-order valence-corrected chi connectivity index (χ0v) is 17.7. The van der Waals surface area contributed by atoms with Gasteiger partial charge >= 0.3 is 0 Å². The lowest BCUT2D eigenvalue weighted by Gasteiger charge is -2.18. The van der Waals surface area contributed by atoms with E-state index >= 15 is 0 Å². The molecule has 2 amide bonds. The number of halogens is 2. The van der Waals surface area contributed by atoms with E-state index in [2.05, 4.69) is 5.32 Å². The van der Waals surface area contributed by atoms with Crippen LogP contribution in [0.1, 0.15) is 12.0 Å². The van der Waals surface area contributed by atoms with E-state index in [4.69, 9.17) is 32.7 Å². The second kappa shape index (κ2) is 9.37. The average molecular weight is 437 g/mol. The monoisotopic (exact) mass is 436 g/mol. The highest BCUT2D eigenvalue weighted by atomic mass is 35.5. The van der Waals surface area contributed by atoms with Crippen LogP contribution in [-0.4, -0.2) is 39.1 Å². The fourth-order valence-corrected chi connectivity index (χ4v) is 3.82. The van der Waals surface area contributed by atoms with Gasteiger partial charge in [-0.2, -0.15) is 0 Å². The van der Waals surface area contributed by atoms with E-state index in [0.29, 0.717) is 46.7 Å². The van der Waals surface area contributed by atoms with E-state index in [1.807, 2.05) is 6.07 Å². The normalized spacial score (nSPS) is 16.1. The van der Waals surface area contributed by atoms with Crippen LogP contribution in [0.2, 0.25) is 10.0 Å². The molecule has 1 saturated heterocycles. The van der Waals surface area contributed by atoms with Crippen molar-refractivity contribution in [1.29, 1.82) is 0 Å². The number of ether oxygens (including phenoxy) is 2. The highest BCUT2D eigenvalue weighted by molar-refractivity contribution is 6.35. The largest absolute Gasteiger partial charge is 0.493 e. The molecule has 1 fully saturated rings. The molecule has 2 aromatic rings. The Balaban J connectivity index is 1.58. The van der Waals surface area contributed by atoms with Gasteiger partial charge in [0.2, 0.25) is 11.8 Å². The number of hydrogen-bond donors (Lipinski definition) is 1. The number of amides is 2. The van der Waals surface area contributed by atoms with Crippen LogP contribution in [0.4, 0.5) is 5.69 Å². The van der Waals surface area contributed by atoms with Crippen molar-refractivity contribution in [1.82, 2.24) is 5.32 Å². The Morgan fingerprint density at radius 2 is 1.90 bits per heavy atom. The molecule has 1 unspecified atom stereocenters. The quantitative estimate of drug-likeness (QED) is 0.717. The van der Waals surface area contributed by atoms with Crippen LogP contribution in [0.5, 0.6) is 11.5 Å². The first-order valence-electron chi connectivity index (χ1n) is 9.17. The summed E-state index contributed by atoms with van der Waals surface area (Å²) in [6.45, 7) is 0.753. The summed E-state index contributed by atoms with van der Waals surface area (Å²) in [6, 6.07) is 10.5. The van der Waals surface area contributed by atoms with Gasteiger partial charge in [0.05, 0.1) is 20.1 Å². The maximum atomic E-state index is 12.5. The molecule has 3 rings (SSSR count). The van der Waals surface area contributed by atoms with Gasteiger partial charge in [-0.1, -0.05) is 29.3 Å². The molecule has 1 aliphatic heterocycles. The van der Waals surface area contributed by atoms with Crippen LogP contribution >= 0.6 is 23.2 Å². The van der Waals surface area contributed by atoms with Crippen LogP contribution in [-0.2, 0) is 16.0 Å². The molecule has 154 valence electrons. The van der Waals surface area contributed by atoms with Crippen molar-refractivity contribution in [3.8, 4) is 11.5 Å². The Morgan fingerprint density at radius 1 is 1.14 bits per heavy atom. The highest BCUT2D eigenvalue weighted by Crippen LogP contribution is 2.34. The number of nitrogens with zero attached hydrogens (tertiary/aromatic N) is 1. The summed E-state index contributed by atoms with van der Waals surface area (Å²) in [5, 5.41) is 4.04. The van der Waals surface area contributed by atoms with E-state index in [-0.39, 0.29) is 18.2 Å². The Bertz CT molecular complexity index is 920. The first kappa shape index (κ1) is 21.3. The van der Waals surface area contributed by atoms with E-state index in [1.165, 1.54) is 7.11 Å². The predicted molar refractivity (Wildman–Crippen MR) is 113 cm³/mol. The summed E-state index contributed by atoms with van der Waals surface area (Å²) < 4.78 is 10.5. The summed E-state index contributed by atoms with van der Waals surface area (Å²) >= 11 is 12.1. The number of hydrogen-bond acceptors (Lipinski definition) is 4. The van der Waals surface area contributed by atoms with Gasteiger partial charge in [-0.25, -0.2) is 0 Å². The van der Waals surface area contributed by atoms with E-state index in [0.717, 1.165) is 5.56 Å². The minimum atomic E-state index is -0.406. The van der Waals surface area contributed by atoms with Crippen molar-refractivity contribution in [2.24, 2.45) is 5.92 Å². The minimum Gasteiger partial charge on any atom is -0.493 e. The number of anilines is 1. The molecule has 1 heterocycles. The van der Waals surface area contributed by atoms with Gasteiger partial charge in [0.25, 0.3) is 0 Å². The smallest absolute Gasteiger partial charge is 0.227 e. The fraction of sp³-hybridized carbons (Fsp3) is 0.333. The van der Waals surface area contributed by atoms with Gasteiger partial charge in [0.15, 0.2) is 11.5 Å². The lowest BCUT2D eigenvalue weighted by molar-refractivity contribution is -0.126.